The van der Waals surface area contributed by atoms with Crippen LogP contribution in [0.15, 0.2) is 18.2 Å². The summed E-state index contributed by atoms with van der Waals surface area (Å²) < 4.78 is 5.70. The summed E-state index contributed by atoms with van der Waals surface area (Å²) >= 11 is 0. The lowest BCUT2D eigenvalue weighted by atomic mass is 10.0. The Balaban J connectivity index is 2.00. The molecule has 5 nitrogen and oxygen atoms in total. The van der Waals surface area contributed by atoms with Gasteiger partial charge in [-0.2, -0.15) is 0 Å². The number of benzene rings is 1. The second kappa shape index (κ2) is 6.83. The Kier molecular flexibility index (Phi) is 5.11. The van der Waals surface area contributed by atoms with E-state index < -0.39 is 0 Å². The van der Waals surface area contributed by atoms with Gasteiger partial charge in [-0.05, 0) is 37.2 Å². The van der Waals surface area contributed by atoms with Crippen molar-refractivity contribution >= 4 is 5.91 Å². The first kappa shape index (κ1) is 15.0. The van der Waals surface area contributed by atoms with Gasteiger partial charge >= 0.3 is 0 Å². The van der Waals surface area contributed by atoms with Crippen LogP contribution in [0.2, 0.25) is 0 Å². The van der Waals surface area contributed by atoms with E-state index in [1.165, 1.54) is 5.56 Å². The lowest BCUT2D eigenvalue weighted by Crippen LogP contribution is -2.45. The fourth-order valence-corrected chi connectivity index (χ4v) is 2.54. The van der Waals surface area contributed by atoms with Crippen molar-refractivity contribution in [2.75, 3.05) is 33.3 Å². The molecule has 1 atom stereocenters. The first-order valence-corrected chi connectivity index (χ1v) is 6.98. The van der Waals surface area contributed by atoms with Crippen LogP contribution in [0.1, 0.15) is 21.5 Å². The molecule has 1 saturated heterocycles. The predicted molar refractivity (Wildman–Crippen MR) is 78.6 cm³/mol. The van der Waals surface area contributed by atoms with Gasteiger partial charge in [0.2, 0.25) is 5.91 Å². The first-order valence-electron chi connectivity index (χ1n) is 6.98. The number of nitrogens with two attached hydrogens (primary N) is 1. The Bertz CT molecular complexity index is 474. The number of primary amides is 1. The number of amides is 1. The average molecular weight is 277 g/mol. The maximum atomic E-state index is 11.2. The van der Waals surface area contributed by atoms with Crippen molar-refractivity contribution in [2.24, 2.45) is 5.73 Å². The van der Waals surface area contributed by atoms with Gasteiger partial charge in [0.1, 0.15) is 0 Å². The molecule has 0 spiro atoms. The molecular weight excluding hydrogens is 254 g/mol. The number of nitrogens with one attached hydrogen (secondary N) is 1. The van der Waals surface area contributed by atoms with Crippen LogP contribution in [0.5, 0.6) is 0 Å². The number of nitrogens with zero attached hydrogens (tertiary/aromatic N) is 1. The molecule has 0 radical (unpaired) electrons. The number of aryl methyl sites for hydroxylation is 1. The number of carbonyl (C=O) groups excluding carboxylic acids is 1. The van der Waals surface area contributed by atoms with Gasteiger partial charge in [0.25, 0.3) is 0 Å². The van der Waals surface area contributed by atoms with Gasteiger partial charge < -0.3 is 15.8 Å². The molecule has 1 unspecified atom stereocenters. The summed E-state index contributed by atoms with van der Waals surface area (Å²) in [5.41, 5.74) is 8.21. The minimum absolute atomic E-state index is 0.249. The number of hydrogen-bond donors (Lipinski definition) is 2. The van der Waals surface area contributed by atoms with Gasteiger partial charge in [0.05, 0.1) is 12.7 Å². The second-order valence-electron chi connectivity index (χ2n) is 5.29. The van der Waals surface area contributed by atoms with E-state index in [1.54, 1.807) is 6.07 Å². The third-order valence-corrected chi connectivity index (χ3v) is 3.68. The van der Waals surface area contributed by atoms with E-state index in [2.05, 4.69) is 10.2 Å². The van der Waals surface area contributed by atoms with Crippen LogP contribution < -0.4 is 11.1 Å². The van der Waals surface area contributed by atoms with Crippen LogP contribution in [-0.4, -0.2) is 50.2 Å². The van der Waals surface area contributed by atoms with E-state index in [0.29, 0.717) is 5.56 Å². The molecule has 0 saturated carbocycles. The SMILES string of the molecule is CNCC1CN(Cc2ccc(C(N)=O)cc2C)CCO1. The zero-order valence-electron chi connectivity index (χ0n) is 12.2. The minimum Gasteiger partial charge on any atom is -0.374 e. The molecule has 2 rings (SSSR count). The van der Waals surface area contributed by atoms with Gasteiger partial charge in [-0.15, -0.1) is 0 Å². The number of morpholine rings is 1. The van der Waals surface area contributed by atoms with Gasteiger partial charge in [-0.3, -0.25) is 9.69 Å². The number of ether oxygens (including phenoxy) is 1. The summed E-state index contributed by atoms with van der Waals surface area (Å²) in [6.07, 6.45) is 0.249. The molecule has 1 aliphatic rings. The second-order valence-corrected chi connectivity index (χ2v) is 5.29. The Morgan fingerprint density at radius 2 is 2.35 bits per heavy atom. The van der Waals surface area contributed by atoms with Crippen LogP contribution in [-0.2, 0) is 11.3 Å². The fraction of sp³-hybridized carbons (Fsp3) is 0.533. The molecule has 3 N–H and O–H groups in total. The third-order valence-electron chi connectivity index (χ3n) is 3.68. The van der Waals surface area contributed by atoms with E-state index in [0.717, 1.165) is 38.3 Å². The monoisotopic (exact) mass is 277 g/mol. The lowest BCUT2D eigenvalue weighted by Gasteiger charge is -2.33. The number of carbonyl (C=O) groups is 1. The average Bonchev–Trinajstić information content (AvgIpc) is 2.42. The van der Waals surface area contributed by atoms with E-state index in [-0.39, 0.29) is 12.0 Å². The summed E-state index contributed by atoms with van der Waals surface area (Å²) in [4.78, 5) is 13.5. The molecule has 0 aromatic heterocycles. The Hall–Kier alpha value is -1.43. The smallest absolute Gasteiger partial charge is 0.248 e. The van der Waals surface area contributed by atoms with E-state index in [4.69, 9.17) is 10.5 Å². The highest BCUT2D eigenvalue weighted by Gasteiger charge is 2.20. The Morgan fingerprint density at radius 3 is 3.00 bits per heavy atom. The normalized spacial score (nSPS) is 20.0. The molecule has 1 heterocycles. The van der Waals surface area contributed by atoms with Crippen molar-refractivity contribution in [3.63, 3.8) is 0 Å². The van der Waals surface area contributed by atoms with Crippen molar-refractivity contribution in [2.45, 2.75) is 19.6 Å². The molecule has 5 heteroatoms. The highest BCUT2D eigenvalue weighted by atomic mass is 16.5. The minimum atomic E-state index is -0.375. The molecule has 1 aromatic carbocycles. The van der Waals surface area contributed by atoms with Crippen LogP contribution in [0.3, 0.4) is 0 Å². The maximum Gasteiger partial charge on any atom is 0.248 e. The van der Waals surface area contributed by atoms with Crippen LogP contribution >= 0.6 is 0 Å². The van der Waals surface area contributed by atoms with Crippen molar-refractivity contribution in [3.8, 4) is 0 Å². The summed E-state index contributed by atoms with van der Waals surface area (Å²) in [6.45, 7) is 6.41. The zero-order valence-corrected chi connectivity index (χ0v) is 12.2. The van der Waals surface area contributed by atoms with E-state index in [9.17, 15) is 4.79 Å². The van der Waals surface area contributed by atoms with Gasteiger partial charge in [0.15, 0.2) is 0 Å². The van der Waals surface area contributed by atoms with Crippen LogP contribution in [0, 0.1) is 6.92 Å². The van der Waals surface area contributed by atoms with E-state index >= 15 is 0 Å². The van der Waals surface area contributed by atoms with Gasteiger partial charge in [-0.25, -0.2) is 0 Å². The maximum absolute atomic E-state index is 11.2. The zero-order chi connectivity index (χ0) is 14.5. The summed E-state index contributed by atoms with van der Waals surface area (Å²) in [7, 11) is 1.94. The first-order chi connectivity index (χ1) is 9.60. The highest BCUT2D eigenvalue weighted by molar-refractivity contribution is 5.93. The number of rotatable bonds is 5. The molecule has 1 fully saturated rings. The highest BCUT2D eigenvalue weighted by Crippen LogP contribution is 2.15. The molecule has 0 aliphatic carbocycles. The van der Waals surface area contributed by atoms with Gasteiger partial charge in [0, 0.05) is 31.7 Å². The number of hydrogen-bond acceptors (Lipinski definition) is 4. The molecular formula is C15H23N3O2. The summed E-state index contributed by atoms with van der Waals surface area (Å²) in [6, 6.07) is 5.66. The molecule has 1 aliphatic heterocycles. The Morgan fingerprint density at radius 1 is 1.55 bits per heavy atom. The predicted octanol–water partition coefficient (Wildman–Crippen LogP) is 0.514. The molecule has 20 heavy (non-hydrogen) atoms. The third kappa shape index (κ3) is 3.79. The molecule has 1 aromatic rings. The van der Waals surface area contributed by atoms with Crippen molar-refractivity contribution in [3.05, 3.63) is 34.9 Å². The number of likely N-dealkylation sites (N-methyl/N-ethyl adjacent to an activating group) is 1. The fourth-order valence-electron chi connectivity index (χ4n) is 2.54. The molecule has 0 bridgehead atoms. The Labute approximate surface area is 120 Å². The molecule has 110 valence electrons. The topological polar surface area (TPSA) is 67.6 Å². The van der Waals surface area contributed by atoms with Crippen LogP contribution in [0.25, 0.3) is 0 Å². The van der Waals surface area contributed by atoms with Crippen molar-refractivity contribution < 1.29 is 9.53 Å². The lowest BCUT2D eigenvalue weighted by molar-refractivity contribution is -0.0291. The standard InChI is InChI=1S/C15H23N3O2/c1-11-7-12(15(16)19)3-4-13(11)9-18-5-6-20-14(10-18)8-17-2/h3-4,7,14,17H,5-6,8-10H2,1-2H3,(H2,16,19). The van der Waals surface area contributed by atoms with Crippen molar-refractivity contribution in [1.29, 1.82) is 0 Å². The van der Waals surface area contributed by atoms with Crippen molar-refractivity contribution in [1.82, 2.24) is 10.2 Å². The summed E-state index contributed by atoms with van der Waals surface area (Å²) in [5.74, 6) is -0.375. The summed E-state index contributed by atoms with van der Waals surface area (Å²) in [5, 5.41) is 3.15. The van der Waals surface area contributed by atoms with Crippen LogP contribution in [0.4, 0.5) is 0 Å². The van der Waals surface area contributed by atoms with E-state index in [1.807, 2.05) is 26.1 Å². The van der Waals surface area contributed by atoms with Gasteiger partial charge in [-0.1, -0.05) is 6.07 Å². The largest absolute Gasteiger partial charge is 0.374 e. The quantitative estimate of drug-likeness (QED) is 0.823. The molecule has 1 amide bonds.